The minimum absolute atomic E-state index is 0.0358. The molecule has 1 aromatic carbocycles. The smallest absolute Gasteiger partial charge is 0.311 e. The van der Waals surface area contributed by atoms with Gasteiger partial charge in [0.1, 0.15) is 11.6 Å². The minimum atomic E-state index is -0.291. The van der Waals surface area contributed by atoms with E-state index >= 15 is 0 Å². The van der Waals surface area contributed by atoms with Gasteiger partial charge in [-0.15, -0.1) is 10.2 Å². The van der Waals surface area contributed by atoms with E-state index in [0.29, 0.717) is 24.7 Å². The van der Waals surface area contributed by atoms with E-state index in [1.54, 1.807) is 0 Å². The molecule has 0 fully saturated rings. The Hall–Kier alpha value is -3.03. The van der Waals surface area contributed by atoms with E-state index in [0.717, 1.165) is 17.2 Å². The molecule has 2 aromatic heterocycles. The van der Waals surface area contributed by atoms with E-state index < -0.39 is 0 Å². The highest BCUT2D eigenvalue weighted by Gasteiger charge is 2.31. The van der Waals surface area contributed by atoms with Crippen LogP contribution in [-0.2, 0) is 29.1 Å². The SMILES string of the molecule is Cc1nnc2n1CC(C(=O)OCc1nc(-c3ccc(C(C)C)cc3)no1)C2. The number of fused-ring (bicyclic) bond motifs is 1. The van der Waals surface area contributed by atoms with Crippen LogP contribution in [0, 0.1) is 12.8 Å². The fourth-order valence-electron chi connectivity index (χ4n) is 3.18. The van der Waals surface area contributed by atoms with Crippen molar-refractivity contribution < 1.29 is 14.1 Å². The van der Waals surface area contributed by atoms with Crippen molar-refractivity contribution >= 4 is 5.97 Å². The lowest BCUT2D eigenvalue weighted by Gasteiger charge is -2.07. The number of ether oxygens (including phenoxy) is 1. The fourth-order valence-corrected chi connectivity index (χ4v) is 3.18. The molecule has 0 spiro atoms. The Labute approximate surface area is 156 Å². The van der Waals surface area contributed by atoms with Crippen molar-refractivity contribution in [1.82, 2.24) is 24.9 Å². The fraction of sp³-hybridized carbons (Fsp3) is 0.421. The quantitative estimate of drug-likeness (QED) is 0.640. The van der Waals surface area contributed by atoms with Gasteiger partial charge in [0, 0.05) is 18.5 Å². The Kier molecular flexibility index (Phi) is 4.47. The Morgan fingerprint density at radius 3 is 2.78 bits per heavy atom. The van der Waals surface area contributed by atoms with Crippen molar-refractivity contribution in [2.75, 3.05) is 0 Å². The number of esters is 1. The zero-order valence-corrected chi connectivity index (χ0v) is 15.5. The van der Waals surface area contributed by atoms with Crippen molar-refractivity contribution in [1.29, 1.82) is 0 Å². The number of benzene rings is 1. The maximum atomic E-state index is 12.3. The Morgan fingerprint density at radius 2 is 2.07 bits per heavy atom. The molecule has 0 amide bonds. The molecule has 0 N–H and O–H groups in total. The van der Waals surface area contributed by atoms with Crippen LogP contribution in [0.25, 0.3) is 11.4 Å². The summed E-state index contributed by atoms with van der Waals surface area (Å²) < 4.78 is 12.5. The lowest BCUT2D eigenvalue weighted by molar-refractivity contribution is -0.150. The summed E-state index contributed by atoms with van der Waals surface area (Å²) in [6.07, 6.45) is 0.539. The molecule has 0 saturated carbocycles. The van der Waals surface area contributed by atoms with Gasteiger partial charge in [-0.2, -0.15) is 4.98 Å². The van der Waals surface area contributed by atoms with Gasteiger partial charge in [0.25, 0.3) is 5.89 Å². The highest BCUT2D eigenvalue weighted by Crippen LogP contribution is 2.23. The molecule has 1 atom stereocenters. The summed E-state index contributed by atoms with van der Waals surface area (Å²) in [7, 11) is 0. The third-order valence-electron chi connectivity index (χ3n) is 4.82. The van der Waals surface area contributed by atoms with E-state index in [-0.39, 0.29) is 24.4 Å². The molecule has 0 radical (unpaired) electrons. The van der Waals surface area contributed by atoms with Gasteiger partial charge in [0.15, 0.2) is 6.61 Å². The molecule has 3 aromatic rings. The molecule has 4 rings (SSSR count). The minimum Gasteiger partial charge on any atom is -0.455 e. The van der Waals surface area contributed by atoms with Crippen LogP contribution in [0.3, 0.4) is 0 Å². The number of aryl methyl sites for hydroxylation is 1. The molecule has 1 aliphatic rings. The van der Waals surface area contributed by atoms with Gasteiger partial charge in [-0.25, -0.2) is 0 Å². The first-order valence-electron chi connectivity index (χ1n) is 8.99. The van der Waals surface area contributed by atoms with Crippen LogP contribution in [0.4, 0.5) is 0 Å². The summed E-state index contributed by atoms with van der Waals surface area (Å²) in [6, 6.07) is 8.03. The zero-order valence-electron chi connectivity index (χ0n) is 15.5. The Balaban J connectivity index is 1.35. The van der Waals surface area contributed by atoms with Gasteiger partial charge in [-0.3, -0.25) is 4.79 Å². The highest BCUT2D eigenvalue weighted by atomic mass is 16.6. The summed E-state index contributed by atoms with van der Waals surface area (Å²) in [4.78, 5) is 16.6. The average Bonchev–Trinajstić information content (AvgIpc) is 3.37. The third-order valence-corrected chi connectivity index (χ3v) is 4.82. The predicted octanol–water partition coefficient (Wildman–Crippen LogP) is 2.68. The van der Waals surface area contributed by atoms with Gasteiger partial charge in [-0.05, 0) is 18.4 Å². The first-order chi connectivity index (χ1) is 13.0. The van der Waals surface area contributed by atoms with Crippen molar-refractivity contribution in [2.45, 2.75) is 46.3 Å². The topological polar surface area (TPSA) is 95.9 Å². The number of carbonyl (C=O) groups excluding carboxylic acids is 1. The summed E-state index contributed by atoms with van der Waals surface area (Å²) in [5, 5.41) is 12.0. The zero-order chi connectivity index (χ0) is 19.0. The molecular formula is C19H21N5O3. The molecule has 0 aliphatic carbocycles. The molecule has 8 heteroatoms. The number of rotatable bonds is 5. The van der Waals surface area contributed by atoms with Crippen LogP contribution in [0.5, 0.6) is 0 Å². The van der Waals surface area contributed by atoms with Gasteiger partial charge in [-0.1, -0.05) is 43.3 Å². The first kappa shape index (κ1) is 17.4. The molecule has 0 saturated heterocycles. The molecule has 8 nitrogen and oxygen atoms in total. The largest absolute Gasteiger partial charge is 0.455 e. The van der Waals surface area contributed by atoms with Crippen molar-refractivity contribution in [3.63, 3.8) is 0 Å². The van der Waals surface area contributed by atoms with Crippen molar-refractivity contribution in [3.8, 4) is 11.4 Å². The van der Waals surface area contributed by atoms with Gasteiger partial charge >= 0.3 is 5.97 Å². The number of carbonyl (C=O) groups is 1. The molecule has 0 bridgehead atoms. The van der Waals surface area contributed by atoms with E-state index in [4.69, 9.17) is 9.26 Å². The number of aromatic nitrogens is 5. The maximum absolute atomic E-state index is 12.3. The number of hydrogen-bond acceptors (Lipinski definition) is 7. The van der Waals surface area contributed by atoms with Crippen LogP contribution in [-0.4, -0.2) is 30.9 Å². The van der Waals surface area contributed by atoms with Crippen LogP contribution in [0.2, 0.25) is 0 Å². The standard InChI is InChI=1S/C19H21N5O3/c1-11(2)13-4-6-14(7-5-13)18-20-17(27-23-18)10-26-19(25)15-8-16-22-21-12(3)24(16)9-15/h4-7,11,15H,8-10H2,1-3H3. The van der Waals surface area contributed by atoms with Crippen LogP contribution >= 0.6 is 0 Å². The third kappa shape index (κ3) is 3.47. The second kappa shape index (κ2) is 6.94. The van der Waals surface area contributed by atoms with E-state index in [1.165, 1.54) is 5.56 Å². The molecule has 1 unspecified atom stereocenters. The number of nitrogens with zero attached hydrogens (tertiary/aromatic N) is 5. The Morgan fingerprint density at radius 1 is 1.30 bits per heavy atom. The maximum Gasteiger partial charge on any atom is 0.311 e. The van der Waals surface area contributed by atoms with Gasteiger partial charge < -0.3 is 13.8 Å². The summed E-state index contributed by atoms with van der Waals surface area (Å²) in [5.41, 5.74) is 2.11. The molecule has 27 heavy (non-hydrogen) atoms. The second-order valence-electron chi connectivity index (χ2n) is 7.07. The molecule has 1 aliphatic heterocycles. The average molecular weight is 367 g/mol. The Bertz CT molecular complexity index is 958. The lowest BCUT2D eigenvalue weighted by Crippen LogP contribution is -2.19. The van der Waals surface area contributed by atoms with Crippen LogP contribution < -0.4 is 0 Å². The summed E-state index contributed by atoms with van der Waals surface area (Å²) in [5.74, 6) is 2.32. The van der Waals surface area contributed by atoms with Crippen molar-refractivity contribution in [2.24, 2.45) is 5.92 Å². The van der Waals surface area contributed by atoms with E-state index in [1.807, 2.05) is 23.6 Å². The van der Waals surface area contributed by atoms with Gasteiger partial charge in [0.2, 0.25) is 5.82 Å². The summed E-state index contributed by atoms with van der Waals surface area (Å²) >= 11 is 0. The monoisotopic (exact) mass is 367 g/mol. The van der Waals surface area contributed by atoms with Gasteiger partial charge in [0.05, 0.1) is 5.92 Å². The molecule has 140 valence electrons. The normalized spacial score (nSPS) is 15.9. The van der Waals surface area contributed by atoms with Crippen molar-refractivity contribution in [3.05, 3.63) is 47.4 Å². The van der Waals surface area contributed by atoms with E-state index in [9.17, 15) is 4.79 Å². The lowest BCUT2D eigenvalue weighted by atomic mass is 10.0. The highest BCUT2D eigenvalue weighted by molar-refractivity contribution is 5.73. The summed E-state index contributed by atoms with van der Waals surface area (Å²) in [6.45, 7) is 6.67. The van der Waals surface area contributed by atoms with E-state index in [2.05, 4.69) is 46.3 Å². The molecular weight excluding hydrogens is 346 g/mol. The second-order valence-corrected chi connectivity index (χ2v) is 7.07. The number of hydrogen-bond donors (Lipinski definition) is 0. The van der Waals surface area contributed by atoms with Crippen LogP contribution in [0.1, 0.15) is 42.9 Å². The van der Waals surface area contributed by atoms with Crippen LogP contribution in [0.15, 0.2) is 28.8 Å². The molecule has 3 heterocycles. The predicted molar refractivity (Wildman–Crippen MR) is 95.6 cm³/mol. The first-order valence-corrected chi connectivity index (χ1v) is 8.99.